The molecule has 1 amide bonds. The lowest BCUT2D eigenvalue weighted by molar-refractivity contribution is -0.384. The average molecular weight is 471 g/mol. The van der Waals surface area contributed by atoms with Crippen LogP contribution in [0.4, 0.5) is 10.8 Å². The van der Waals surface area contributed by atoms with E-state index in [0.29, 0.717) is 20.6 Å². The Morgan fingerprint density at radius 3 is 2.67 bits per heavy atom. The van der Waals surface area contributed by atoms with Gasteiger partial charge in [-0.25, -0.2) is 9.97 Å². The van der Waals surface area contributed by atoms with Gasteiger partial charge in [-0.15, -0.1) is 45.3 Å². The maximum atomic E-state index is 12.6. The van der Waals surface area contributed by atoms with E-state index >= 15 is 0 Å². The summed E-state index contributed by atoms with van der Waals surface area (Å²) in [5, 5.41) is 18.2. The van der Waals surface area contributed by atoms with Gasteiger partial charge in [0.15, 0.2) is 5.13 Å². The van der Waals surface area contributed by atoms with Crippen LogP contribution in [0.2, 0.25) is 0 Å². The van der Waals surface area contributed by atoms with Crippen molar-refractivity contribution in [2.45, 2.75) is 0 Å². The first-order valence-electron chi connectivity index (χ1n) is 8.53. The van der Waals surface area contributed by atoms with Crippen LogP contribution in [0.15, 0.2) is 53.2 Å². The largest absolute Gasteiger partial charge is 0.297 e. The van der Waals surface area contributed by atoms with Crippen molar-refractivity contribution in [3.8, 4) is 20.5 Å². The van der Waals surface area contributed by atoms with Gasteiger partial charge < -0.3 is 0 Å². The number of para-hydroxylation sites is 1. The summed E-state index contributed by atoms with van der Waals surface area (Å²) in [6.45, 7) is 0. The second-order valence-electron chi connectivity index (χ2n) is 6.07. The van der Waals surface area contributed by atoms with E-state index in [2.05, 4.69) is 15.3 Å². The van der Waals surface area contributed by atoms with Crippen LogP contribution in [-0.2, 0) is 0 Å². The highest BCUT2D eigenvalue weighted by Gasteiger charge is 2.16. The van der Waals surface area contributed by atoms with Crippen molar-refractivity contribution < 1.29 is 9.72 Å². The van der Waals surface area contributed by atoms with Crippen molar-refractivity contribution in [1.82, 2.24) is 9.97 Å². The molecule has 0 saturated heterocycles. The molecule has 0 atom stereocenters. The Balaban J connectivity index is 1.32. The standard InChI is InChI=1S/C19H10N4O3S4/c24-17(22-19-21-12(9-28-19)16-7-10(8-27-16)23(25)26)14-5-6-15(29-14)18-20-11-3-1-2-4-13(11)30-18/h1-9H,(H,21,22,24). The minimum atomic E-state index is -0.436. The van der Waals surface area contributed by atoms with Crippen molar-refractivity contribution in [3.63, 3.8) is 0 Å². The van der Waals surface area contributed by atoms with Crippen molar-refractivity contribution >= 4 is 72.3 Å². The molecule has 0 aliphatic rings. The number of benzene rings is 1. The summed E-state index contributed by atoms with van der Waals surface area (Å²) < 4.78 is 1.11. The summed E-state index contributed by atoms with van der Waals surface area (Å²) in [4.78, 5) is 34.2. The number of rotatable bonds is 5. The van der Waals surface area contributed by atoms with E-state index in [4.69, 9.17) is 0 Å². The molecule has 1 N–H and O–H groups in total. The first-order chi connectivity index (χ1) is 14.6. The molecule has 0 bridgehead atoms. The van der Waals surface area contributed by atoms with E-state index in [0.717, 1.165) is 20.1 Å². The lowest BCUT2D eigenvalue weighted by Gasteiger charge is -1.97. The van der Waals surface area contributed by atoms with E-state index in [1.165, 1.54) is 45.5 Å². The predicted molar refractivity (Wildman–Crippen MR) is 123 cm³/mol. The molecule has 4 heterocycles. The molecule has 0 fully saturated rings. The highest BCUT2D eigenvalue weighted by molar-refractivity contribution is 7.26. The second kappa shape index (κ2) is 7.69. The lowest BCUT2D eigenvalue weighted by Crippen LogP contribution is -2.09. The fraction of sp³-hybridized carbons (Fsp3) is 0. The van der Waals surface area contributed by atoms with E-state index in [9.17, 15) is 14.9 Å². The Morgan fingerprint density at radius 2 is 1.87 bits per heavy atom. The maximum absolute atomic E-state index is 12.6. The van der Waals surface area contributed by atoms with Crippen LogP contribution in [0.3, 0.4) is 0 Å². The van der Waals surface area contributed by atoms with Gasteiger partial charge in [0.05, 0.1) is 40.8 Å². The highest BCUT2D eigenvalue weighted by atomic mass is 32.1. The number of amides is 1. The average Bonchev–Trinajstić information content (AvgIpc) is 3.52. The zero-order valence-electron chi connectivity index (χ0n) is 14.9. The number of thiophene rings is 2. The number of nitrogens with one attached hydrogen (secondary N) is 1. The first-order valence-corrected chi connectivity index (χ1v) is 11.9. The molecular formula is C19H10N4O3S4. The summed E-state index contributed by atoms with van der Waals surface area (Å²) in [6.07, 6.45) is 0. The van der Waals surface area contributed by atoms with Gasteiger partial charge in [-0.05, 0) is 24.3 Å². The van der Waals surface area contributed by atoms with Gasteiger partial charge >= 0.3 is 0 Å². The van der Waals surface area contributed by atoms with Crippen LogP contribution in [-0.4, -0.2) is 20.8 Å². The Kier molecular flexibility index (Phi) is 4.87. The third-order valence-corrected chi connectivity index (χ3v) is 8.10. The van der Waals surface area contributed by atoms with Crippen LogP contribution in [0.5, 0.6) is 0 Å². The number of nitro groups is 1. The third kappa shape index (κ3) is 3.63. The molecule has 11 heteroatoms. The van der Waals surface area contributed by atoms with Crippen molar-refractivity contribution in [3.05, 3.63) is 68.2 Å². The monoisotopic (exact) mass is 470 g/mol. The van der Waals surface area contributed by atoms with Gasteiger partial charge in [0.2, 0.25) is 0 Å². The van der Waals surface area contributed by atoms with Crippen molar-refractivity contribution in [2.75, 3.05) is 5.32 Å². The van der Waals surface area contributed by atoms with Gasteiger partial charge in [0.25, 0.3) is 11.6 Å². The molecule has 0 saturated carbocycles. The molecule has 5 rings (SSSR count). The van der Waals surface area contributed by atoms with Gasteiger partial charge in [0, 0.05) is 11.4 Å². The van der Waals surface area contributed by atoms with E-state index in [1.54, 1.807) is 22.8 Å². The maximum Gasteiger partial charge on any atom is 0.280 e. The number of carbonyl (C=O) groups is 1. The number of fused-ring (bicyclic) bond motifs is 1. The Bertz CT molecular complexity index is 1360. The van der Waals surface area contributed by atoms with E-state index < -0.39 is 4.92 Å². The molecule has 0 unspecified atom stereocenters. The number of hydrogen-bond acceptors (Lipinski definition) is 9. The second-order valence-corrected chi connectivity index (χ2v) is 9.95. The third-order valence-electron chi connectivity index (χ3n) is 4.11. The Labute approximate surface area is 185 Å². The fourth-order valence-corrected chi connectivity index (χ4v) is 6.23. The van der Waals surface area contributed by atoms with Crippen LogP contribution in [0.25, 0.3) is 30.7 Å². The van der Waals surface area contributed by atoms with Crippen LogP contribution >= 0.6 is 45.3 Å². The number of carbonyl (C=O) groups excluding carboxylic acids is 1. The first kappa shape index (κ1) is 19.0. The van der Waals surface area contributed by atoms with Gasteiger partial charge in [-0.3, -0.25) is 20.2 Å². The zero-order valence-corrected chi connectivity index (χ0v) is 18.2. The van der Waals surface area contributed by atoms with Crippen molar-refractivity contribution in [1.29, 1.82) is 0 Å². The highest BCUT2D eigenvalue weighted by Crippen LogP contribution is 2.35. The number of aromatic nitrogens is 2. The minimum absolute atomic E-state index is 0.0366. The topological polar surface area (TPSA) is 98.0 Å². The Hall–Kier alpha value is -2.99. The summed E-state index contributed by atoms with van der Waals surface area (Å²) in [7, 11) is 0. The molecular weight excluding hydrogens is 461 g/mol. The molecule has 0 aliphatic heterocycles. The van der Waals surface area contributed by atoms with Crippen LogP contribution < -0.4 is 5.32 Å². The predicted octanol–water partition coefficient (Wildman–Crippen LogP) is 6.37. The molecule has 4 aromatic heterocycles. The van der Waals surface area contributed by atoms with E-state index in [-0.39, 0.29) is 11.6 Å². The number of nitrogens with zero attached hydrogens (tertiary/aromatic N) is 3. The van der Waals surface area contributed by atoms with Crippen LogP contribution in [0, 0.1) is 10.1 Å². The smallest absolute Gasteiger partial charge is 0.280 e. The minimum Gasteiger partial charge on any atom is -0.297 e. The summed E-state index contributed by atoms with van der Waals surface area (Å²) in [6, 6.07) is 13.1. The van der Waals surface area contributed by atoms with Gasteiger partial charge in [-0.2, -0.15) is 0 Å². The molecule has 1 aromatic carbocycles. The molecule has 5 aromatic rings. The number of thiazole rings is 2. The molecule has 0 spiro atoms. The SMILES string of the molecule is O=C(Nc1nc(-c2cc([N+](=O)[O-])cs2)cs1)c1ccc(-c2nc3ccccc3s2)s1. The van der Waals surface area contributed by atoms with Crippen LogP contribution in [0.1, 0.15) is 9.67 Å². The molecule has 0 radical (unpaired) electrons. The lowest BCUT2D eigenvalue weighted by atomic mass is 10.3. The van der Waals surface area contributed by atoms with E-state index in [1.807, 2.05) is 30.3 Å². The fourth-order valence-electron chi connectivity index (χ4n) is 2.71. The zero-order chi connectivity index (χ0) is 20.7. The number of hydrogen-bond donors (Lipinski definition) is 1. The van der Waals surface area contributed by atoms with Crippen molar-refractivity contribution in [2.24, 2.45) is 0 Å². The van der Waals surface area contributed by atoms with Gasteiger partial charge in [-0.1, -0.05) is 12.1 Å². The molecule has 0 aliphatic carbocycles. The Morgan fingerprint density at radius 1 is 1.00 bits per heavy atom. The summed E-state index contributed by atoms with van der Waals surface area (Å²) in [5.74, 6) is -0.245. The summed E-state index contributed by atoms with van der Waals surface area (Å²) >= 11 is 5.50. The summed E-state index contributed by atoms with van der Waals surface area (Å²) in [5.41, 5.74) is 1.59. The molecule has 148 valence electrons. The molecule has 30 heavy (non-hydrogen) atoms. The molecule has 7 nitrogen and oxygen atoms in total. The normalized spacial score (nSPS) is 11.1. The quantitative estimate of drug-likeness (QED) is 0.238. The van der Waals surface area contributed by atoms with Gasteiger partial charge in [0.1, 0.15) is 5.01 Å². The number of anilines is 1.